The Labute approximate surface area is 239 Å². The van der Waals surface area contributed by atoms with Crippen LogP contribution in [-0.2, 0) is 10.0 Å². The zero-order valence-corrected chi connectivity index (χ0v) is 24.5. The number of fused-ring (bicyclic) bond motifs is 1. The highest BCUT2D eigenvalue weighted by molar-refractivity contribution is 7.92. The van der Waals surface area contributed by atoms with Crippen molar-refractivity contribution in [2.45, 2.75) is 25.7 Å². The Balaban J connectivity index is 0.00000420. The number of para-hydroxylation sites is 1. The Hall–Kier alpha value is -3.05. The molecule has 0 saturated heterocycles. The summed E-state index contributed by atoms with van der Waals surface area (Å²) in [4.78, 5) is 22.2. The summed E-state index contributed by atoms with van der Waals surface area (Å²) < 4.78 is 42.5. The minimum Gasteiger partial charge on any atom is -0.302 e. The van der Waals surface area contributed by atoms with E-state index >= 15 is 0 Å². The first kappa shape index (κ1) is 30.5. The molecule has 3 aromatic carbocycles. The van der Waals surface area contributed by atoms with Gasteiger partial charge in [-0.3, -0.25) is 14.0 Å². The van der Waals surface area contributed by atoms with Gasteiger partial charge in [0.15, 0.2) is 5.13 Å². The van der Waals surface area contributed by atoms with Gasteiger partial charge in [0.25, 0.3) is 15.9 Å². The molecule has 0 aliphatic carbocycles. The van der Waals surface area contributed by atoms with Gasteiger partial charge in [0, 0.05) is 25.2 Å². The highest BCUT2D eigenvalue weighted by Gasteiger charge is 2.26. The lowest BCUT2D eigenvalue weighted by Crippen LogP contribution is -2.39. The molecule has 4 aromatic rings. The summed E-state index contributed by atoms with van der Waals surface area (Å²) in [5, 5.41) is 0.473. The fourth-order valence-corrected chi connectivity index (χ4v) is 6.69. The summed E-state index contributed by atoms with van der Waals surface area (Å²) in [6, 6.07) is 19.3. The molecule has 11 heteroatoms. The molecule has 0 saturated carbocycles. The molecular weight excluding hydrogens is 559 g/mol. The second-order valence-electron chi connectivity index (χ2n) is 8.62. The van der Waals surface area contributed by atoms with Crippen LogP contribution in [-0.4, -0.2) is 56.9 Å². The second kappa shape index (κ2) is 13.3. The van der Waals surface area contributed by atoms with E-state index in [1.165, 1.54) is 52.0 Å². The molecule has 0 aliphatic rings. The molecular formula is C28H32ClFN4O3S2. The molecule has 39 heavy (non-hydrogen) atoms. The number of likely N-dealkylation sites (N-methyl/N-ethyl adjacent to an activating group) is 1. The molecule has 1 heterocycles. The van der Waals surface area contributed by atoms with Crippen molar-refractivity contribution in [3.8, 4) is 0 Å². The van der Waals surface area contributed by atoms with Crippen LogP contribution < -0.4 is 9.21 Å². The van der Waals surface area contributed by atoms with Crippen LogP contribution in [0.2, 0.25) is 0 Å². The van der Waals surface area contributed by atoms with Gasteiger partial charge in [-0.15, -0.1) is 12.4 Å². The van der Waals surface area contributed by atoms with Crippen molar-refractivity contribution in [2.75, 3.05) is 41.9 Å². The van der Waals surface area contributed by atoms with E-state index in [-0.39, 0.29) is 35.6 Å². The number of halogens is 2. The second-order valence-corrected chi connectivity index (χ2v) is 11.5. The van der Waals surface area contributed by atoms with Crippen LogP contribution in [0, 0.1) is 5.82 Å². The number of aromatic nitrogens is 1. The fourth-order valence-electron chi connectivity index (χ4n) is 4.21. The van der Waals surface area contributed by atoms with Crippen LogP contribution in [0.1, 0.15) is 31.1 Å². The van der Waals surface area contributed by atoms with E-state index in [9.17, 15) is 17.6 Å². The monoisotopic (exact) mass is 590 g/mol. The van der Waals surface area contributed by atoms with Crippen LogP contribution in [0.4, 0.5) is 15.2 Å². The van der Waals surface area contributed by atoms with E-state index in [0.717, 1.165) is 13.1 Å². The van der Waals surface area contributed by atoms with Gasteiger partial charge in [-0.05, 0) is 74.6 Å². The number of hydrogen-bond acceptors (Lipinski definition) is 6. The zero-order chi connectivity index (χ0) is 27.3. The van der Waals surface area contributed by atoms with E-state index in [1.807, 2.05) is 6.07 Å². The van der Waals surface area contributed by atoms with Gasteiger partial charge in [0.1, 0.15) is 5.82 Å². The number of carbonyl (C=O) groups is 1. The van der Waals surface area contributed by atoms with Crippen molar-refractivity contribution in [1.29, 1.82) is 0 Å². The Morgan fingerprint density at radius 1 is 0.897 bits per heavy atom. The number of sulfonamides is 1. The first-order valence-corrected chi connectivity index (χ1v) is 14.8. The summed E-state index contributed by atoms with van der Waals surface area (Å²) in [5.41, 5.74) is 1.54. The van der Waals surface area contributed by atoms with Crippen molar-refractivity contribution in [3.05, 3.63) is 84.2 Å². The van der Waals surface area contributed by atoms with Crippen molar-refractivity contribution in [1.82, 2.24) is 9.88 Å². The third kappa shape index (κ3) is 6.75. The summed E-state index contributed by atoms with van der Waals surface area (Å²) in [5.74, 6) is -0.654. The maximum atomic E-state index is 13.8. The summed E-state index contributed by atoms with van der Waals surface area (Å²) >= 11 is 1.25. The van der Waals surface area contributed by atoms with Crippen LogP contribution in [0.15, 0.2) is 77.7 Å². The van der Waals surface area contributed by atoms with Crippen molar-refractivity contribution < 1.29 is 17.6 Å². The number of rotatable bonds is 11. The number of amides is 1. The first-order chi connectivity index (χ1) is 18.3. The lowest BCUT2D eigenvalue weighted by atomic mass is 10.2. The van der Waals surface area contributed by atoms with Gasteiger partial charge in [-0.25, -0.2) is 17.8 Å². The van der Waals surface area contributed by atoms with Gasteiger partial charge in [0.2, 0.25) is 0 Å². The third-order valence-electron chi connectivity index (χ3n) is 6.37. The largest absolute Gasteiger partial charge is 0.302 e. The minimum absolute atomic E-state index is 0. The zero-order valence-electron chi connectivity index (χ0n) is 22.1. The Kier molecular flexibility index (Phi) is 10.4. The lowest BCUT2D eigenvalue weighted by Gasteiger charge is -2.25. The molecule has 7 nitrogen and oxygen atoms in total. The van der Waals surface area contributed by atoms with Gasteiger partial charge < -0.3 is 4.90 Å². The molecule has 1 amide bonds. The molecule has 0 aliphatic heterocycles. The molecule has 0 radical (unpaired) electrons. The summed E-state index contributed by atoms with van der Waals surface area (Å²) in [6.07, 6.45) is 0. The number of nitrogens with zero attached hydrogens (tertiary/aromatic N) is 4. The normalized spacial score (nSPS) is 11.4. The lowest BCUT2D eigenvalue weighted by molar-refractivity contribution is 0.0983. The number of carbonyl (C=O) groups excluding carboxylic acids is 1. The molecule has 0 N–H and O–H groups in total. The maximum absolute atomic E-state index is 13.8. The molecule has 0 spiro atoms. The Bertz CT molecular complexity index is 1490. The number of thiazole rings is 1. The van der Waals surface area contributed by atoms with Gasteiger partial charge in [-0.1, -0.05) is 43.4 Å². The highest BCUT2D eigenvalue weighted by atomic mass is 35.5. The SMILES string of the molecule is CCN(CC)CCN(C(=O)c1ccc(S(=O)(=O)N(CC)c2ccccc2)cc1)c1nc2ccc(F)cc2s1.Cl. The standard InChI is InChI=1S/C28H31FN4O3S2.ClH/c1-4-31(5-2)18-19-32(28-30-25-17-14-22(29)20-26(25)37-28)27(34)21-12-15-24(16-13-21)38(35,36)33(6-3)23-10-8-7-9-11-23;/h7-17,20H,4-6,18-19H2,1-3H3;1H. The quantitative estimate of drug-likeness (QED) is 0.212. The number of hydrogen-bond donors (Lipinski definition) is 0. The van der Waals surface area contributed by atoms with Gasteiger partial charge in [-0.2, -0.15) is 0 Å². The topological polar surface area (TPSA) is 73.8 Å². The Morgan fingerprint density at radius 3 is 2.18 bits per heavy atom. The average molecular weight is 591 g/mol. The summed E-state index contributed by atoms with van der Waals surface area (Å²) in [6.45, 7) is 8.87. The highest BCUT2D eigenvalue weighted by Crippen LogP contribution is 2.31. The van der Waals surface area contributed by atoms with Crippen LogP contribution in [0.5, 0.6) is 0 Å². The molecule has 4 rings (SSSR count). The number of anilines is 2. The molecule has 0 unspecified atom stereocenters. The van der Waals surface area contributed by atoms with E-state index in [1.54, 1.807) is 42.2 Å². The Morgan fingerprint density at radius 2 is 1.56 bits per heavy atom. The van der Waals surface area contributed by atoms with E-state index in [4.69, 9.17) is 0 Å². The predicted octanol–water partition coefficient (Wildman–Crippen LogP) is 6.06. The maximum Gasteiger partial charge on any atom is 0.264 e. The predicted molar refractivity (Wildman–Crippen MR) is 159 cm³/mol. The smallest absolute Gasteiger partial charge is 0.264 e. The van der Waals surface area contributed by atoms with Crippen molar-refractivity contribution in [3.63, 3.8) is 0 Å². The fraction of sp³-hybridized carbons (Fsp3) is 0.286. The number of benzene rings is 3. The average Bonchev–Trinajstić information content (AvgIpc) is 3.34. The van der Waals surface area contributed by atoms with Gasteiger partial charge in [0.05, 0.1) is 20.8 Å². The third-order valence-corrected chi connectivity index (χ3v) is 9.33. The van der Waals surface area contributed by atoms with Crippen LogP contribution in [0.25, 0.3) is 10.2 Å². The van der Waals surface area contributed by atoms with Crippen molar-refractivity contribution in [2.24, 2.45) is 0 Å². The molecule has 0 fully saturated rings. The first-order valence-electron chi connectivity index (χ1n) is 12.6. The summed E-state index contributed by atoms with van der Waals surface area (Å²) in [7, 11) is -3.81. The van der Waals surface area contributed by atoms with Gasteiger partial charge >= 0.3 is 0 Å². The van der Waals surface area contributed by atoms with Crippen molar-refractivity contribution >= 4 is 60.7 Å². The molecule has 1 aromatic heterocycles. The minimum atomic E-state index is -3.81. The van der Waals surface area contributed by atoms with Crippen LogP contribution in [0.3, 0.4) is 0 Å². The molecule has 0 atom stereocenters. The molecule has 208 valence electrons. The van der Waals surface area contributed by atoms with E-state index < -0.39 is 10.0 Å². The van der Waals surface area contributed by atoms with Crippen LogP contribution >= 0.6 is 23.7 Å². The van der Waals surface area contributed by atoms with E-state index in [2.05, 4.69) is 23.7 Å². The molecule has 0 bridgehead atoms. The van der Waals surface area contributed by atoms with E-state index in [0.29, 0.717) is 39.7 Å².